The first-order valence-corrected chi connectivity index (χ1v) is 5.81. The number of alkyl halides is 3. The molecule has 2 aromatic rings. The van der Waals surface area contributed by atoms with Gasteiger partial charge in [0.2, 0.25) is 0 Å². The first kappa shape index (κ1) is 14.7. The van der Waals surface area contributed by atoms with Gasteiger partial charge in [0.1, 0.15) is 5.75 Å². The van der Waals surface area contributed by atoms with Crippen LogP contribution in [0.2, 0.25) is 0 Å². The van der Waals surface area contributed by atoms with Crippen molar-refractivity contribution in [1.82, 2.24) is 0 Å². The van der Waals surface area contributed by atoms with Gasteiger partial charge in [-0.3, -0.25) is 4.79 Å². The number of halogens is 3. The molecular weight excluding hydrogens is 287 g/mol. The number of hydrogen-bond donors (Lipinski definition) is 2. The third-order valence-corrected chi connectivity index (χ3v) is 2.51. The van der Waals surface area contributed by atoms with E-state index in [0.29, 0.717) is 0 Å². The van der Waals surface area contributed by atoms with Crippen LogP contribution >= 0.6 is 0 Å². The first-order valence-electron chi connectivity index (χ1n) is 5.81. The van der Waals surface area contributed by atoms with Gasteiger partial charge in [-0.1, -0.05) is 24.3 Å². The summed E-state index contributed by atoms with van der Waals surface area (Å²) in [4.78, 5) is 11.9. The van der Waals surface area contributed by atoms with Crippen LogP contribution in [0.15, 0.2) is 48.5 Å². The summed E-state index contributed by atoms with van der Waals surface area (Å²) >= 11 is 0. The maximum atomic E-state index is 12.3. The van der Waals surface area contributed by atoms with E-state index in [4.69, 9.17) is 0 Å². The number of phenolic OH excluding ortho intramolecular Hbond substituents is 1. The fourth-order valence-electron chi connectivity index (χ4n) is 1.64. The van der Waals surface area contributed by atoms with Crippen LogP contribution in [-0.2, 0) is 0 Å². The van der Waals surface area contributed by atoms with E-state index in [2.05, 4.69) is 10.1 Å². The van der Waals surface area contributed by atoms with E-state index in [9.17, 15) is 23.1 Å². The number of amides is 1. The van der Waals surface area contributed by atoms with Crippen molar-refractivity contribution in [3.63, 3.8) is 0 Å². The highest BCUT2D eigenvalue weighted by Crippen LogP contribution is 2.30. The molecule has 0 fully saturated rings. The maximum absolute atomic E-state index is 12.3. The Morgan fingerprint density at radius 3 is 2.33 bits per heavy atom. The number of aromatic hydroxyl groups is 1. The highest BCUT2D eigenvalue weighted by Gasteiger charge is 2.32. The predicted octanol–water partition coefficient (Wildman–Crippen LogP) is 3.54. The van der Waals surface area contributed by atoms with Crippen molar-refractivity contribution < 1.29 is 27.8 Å². The molecule has 0 aliphatic carbocycles. The molecule has 0 aliphatic rings. The van der Waals surface area contributed by atoms with Gasteiger partial charge in [-0.2, -0.15) is 0 Å². The lowest BCUT2D eigenvalue weighted by Crippen LogP contribution is -2.19. The molecule has 21 heavy (non-hydrogen) atoms. The van der Waals surface area contributed by atoms with Gasteiger partial charge in [0.15, 0.2) is 5.75 Å². The molecule has 0 heterocycles. The molecule has 2 N–H and O–H groups in total. The van der Waals surface area contributed by atoms with Crippen molar-refractivity contribution in [2.45, 2.75) is 6.36 Å². The Kier molecular flexibility index (Phi) is 4.02. The minimum absolute atomic E-state index is 0.0562. The molecule has 0 aromatic heterocycles. The normalized spacial score (nSPS) is 11.0. The summed E-state index contributed by atoms with van der Waals surface area (Å²) in [6.07, 6.45) is -4.87. The summed E-state index contributed by atoms with van der Waals surface area (Å²) in [7, 11) is 0. The van der Waals surface area contributed by atoms with E-state index in [-0.39, 0.29) is 17.0 Å². The molecule has 0 bridgehead atoms. The smallest absolute Gasteiger partial charge is 0.507 e. The Labute approximate surface area is 117 Å². The maximum Gasteiger partial charge on any atom is 0.573 e. The molecule has 7 heteroatoms. The van der Waals surface area contributed by atoms with E-state index in [0.717, 1.165) is 6.07 Å². The van der Waals surface area contributed by atoms with Gasteiger partial charge in [-0.15, -0.1) is 13.2 Å². The van der Waals surface area contributed by atoms with Crippen LogP contribution in [0.3, 0.4) is 0 Å². The second-order valence-corrected chi connectivity index (χ2v) is 4.02. The summed E-state index contributed by atoms with van der Waals surface area (Å²) in [5.74, 6) is -1.55. The number of phenols is 1. The molecule has 0 aliphatic heterocycles. The van der Waals surface area contributed by atoms with Crippen molar-refractivity contribution in [3.8, 4) is 11.5 Å². The molecule has 0 spiro atoms. The second kappa shape index (κ2) is 5.74. The van der Waals surface area contributed by atoms with Crippen LogP contribution in [0.4, 0.5) is 18.9 Å². The molecular formula is C14H10F3NO3. The second-order valence-electron chi connectivity index (χ2n) is 4.02. The number of carbonyl (C=O) groups excluding carboxylic acids is 1. The van der Waals surface area contributed by atoms with Crippen LogP contribution in [0, 0.1) is 0 Å². The minimum Gasteiger partial charge on any atom is -0.507 e. The van der Waals surface area contributed by atoms with Crippen LogP contribution in [0.5, 0.6) is 11.5 Å². The third-order valence-electron chi connectivity index (χ3n) is 2.51. The van der Waals surface area contributed by atoms with Crippen LogP contribution in [-0.4, -0.2) is 17.4 Å². The zero-order valence-electron chi connectivity index (χ0n) is 10.5. The predicted molar refractivity (Wildman–Crippen MR) is 69.2 cm³/mol. The lowest BCUT2D eigenvalue weighted by atomic mass is 10.2. The number of para-hydroxylation sites is 3. The number of hydrogen-bond acceptors (Lipinski definition) is 3. The van der Waals surface area contributed by atoms with Gasteiger partial charge in [0.05, 0.1) is 11.3 Å². The Morgan fingerprint density at radius 2 is 1.67 bits per heavy atom. The number of rotatable bonds is 3. The Balaban J connectivity index is 2.24. The van der Waals surface area contributed by atoms with E-state index in [1.165, 1.54) is 42.5 Å². The van der Waals surface area contributed by atoms with Crippen molar-refractivity contribution in [2.24, 2.45) is 0 Å². The Bertz CT molecular complexity index is 656. The number of carbonyl (C=O) groups is 1. The van der Waals surface area contributed by atoms with Crippen molar-refractivity contribution in [1.29, 1.82) is 0 Å². The average molecular weight is 297 g/mol. The van der Waals surface area contributed by atoms with Gasteiger partial charge in [0, 0.05) is 0 Å². The highest BCUT2D eigenvalue weighted by molar-refractivity contribution is 6.06. The molecule has 0 saturated heterocycles. The van der Waals surface area contributed by atoms with Crippen LogP contribution < -0.4 is 10.1 Å². The van der Waals surface area contributed by atoms with Gasteiger partial charge in [0.25, 0.3) is 5.91 Å². The number of nitrogens with one attached hydrogen (secondary N) is 1. The van der Waals surface area contributed by atoms with Gasteiger partial charge in [-0.05, 0) is 24.3 Å². The van der Waals surface area contributed by atoms with Crippen molar-refractivity contribution in [3.05, 3.63) is 54.1 Å². The number of ether oxygens (including phenoxy) is 1. The first-order chi connectivity index (χ1) is 9.87. The fraction of sp³-hybridized carbons (Fsp3) is 0.0714. The molecule has 0 atom stereocenters. The summed E-state index contributed by atoms with van der Waals surface area (Å²) in [6, 6.07) is 10.8. The van der Waals surface area contributed by atoms with Gasteiger partial charge in [-0.25, -0.2) is 0 Å². The van der Waals surface area contributed by atoms with E-state index >= 15 is 0 Å². The molecule has 0 saturated carbocycles. The lowest BCUT2D eigenvalue weighted by Gasteiger charge is -2.14. The largest absolute Gasteiger partial charge is 0.573 e. The van der Waals surface area contributed by atoms with E-state index < -0.39 is 18.0 Å². The third kappa shape index (κ3) is 3.88. The van der Waals surface area contributed by atoms with E-state index in [1.807, 2.05) is 0 Å². The molecule has 110 valence electrons. The summed E-state index contributed by atoms with van der Waals surface area (Å²) < 4.78 is 40.6. The standard InChI is InChI=1S/C14H10F3NO3/c15-14(16,17)21-12-8-4-2-6-10(12)18-13(20)9-5-1-3-7-11(9)19/h1-8,19H,(H,18,20). The molecule has 1 amide bonds. The topological polar surface area (TPSA) is 58.6 Å². The van der Waals surface area contributed by atoms with Gasteiger partial charge < -0.3 is 15.2 Å². The van der Waals surface area contributed by atoms with E-state index in [1.54, 1.807) is 0 Å². The summed E-state index contributed by atoms with van der Waals surface area (Å²) in [5.41, 5.74) is -0.206. The summed E-state index contributed by atoms with van der Waals surface area (Å²) in [5, 5.41) is 11.8. The fourth-order valence-corrected chi connectivity index (χ4v) is 1.64. The highest BCUT2D eigenvalue weighted by atomic mass is 19.4. The molecule has 2 rings (SSSR count). The number of anilines is 1. The number of benzene rings is 2. The zero-order chi connectivity index (χ0) is 15.5. The lowest BCUT2D eigenvalue weighted by molar-refractivity contribution is -0.274. The van der Waals surface area contributed by atoms with Crippen LogP contribution in [0.1, 0.15) is 10.4 Å². The Morgan fingerprint density at radius 1 is 1.05 bits per heavy atom. The summed E-state index contributed by atoms with van der Waals surface area (Å²) in [6.45, 7) is 0. The Hall–Kier alpha value is -2.70. The SMILES string of the molecule is O=C(Nc1ccccc1OC(F)(F)F)c1ccccc1O. The average Bonchev–Trinajstić information content (AvgIpc) is 2.40. The van der Waals surface area contributed by atoms with Gasteiger partial charge >= 0.3 is 6.36 Å². The van der Waals surface area contributed by atoms with Crippen molar-refractivity contribution >= 4 is 11.6 Å². The molecule has 2 aromatic carbocycles. The van der Waals surface area contributed by atoms with Crippen LogP contribution in [0.25, 0.3) is 0 Å². The molecule has 0 radical (unpaired) electrons. The monoisotopic (exact) mass is 297 g/mol. The molecule has 0 unspecified atom stereocenters. The minimum atomic E-state index is -4.87. The quantitative estimate of drug-likeness (QED) is 0.911. The molecule has 4 nitrogen and oxygen atoms in total. The zero-order valence-corrected chi connectivity index (χ0v) is 10.5. The van der Waals surface area contributed by atoms with Crippen molar-refractivity contribution in [2.75, 3.05) is 5.32 Å².